The molecule has 1 aliphatic heterocycles. The maximum Gasteiger partial charge on any atom is 0.338 e. The number of carbonyl (C=O) groups is 1. The van der Waals surface area contributed by atoms with Gasteiger partial charge >= 0.3 is 5.97 Å². The SMILES string of the molecule is CNCC1CCCN(S(=O)(=O)c2ccc(C(=O)OC)c(C)c2)C1.Cl. The Hall–Kier alpha value is -1.15. The highest BCUT2D eigenvalue weighted by Gasteiger charge is 2.30. The molecular weight excluding hydrogens is 352 g/mol. The Kier molecular flexibility index (Phi) is 7.66. The molecule has 1 aromatic carbocycles. The van der Waals surface area contributed by atoms with E-state index in [0.29, 0.717) is 30.1 Å². The highest BCUT2D eigenvalue weighted by Crippen LogP contribution is 2.25. The van der Waals surface area contributed by atoms with E-state index < -0.39 is 16.0 Å². The van der Waals surface area contributed by atoms with Crippen molar-refractivity contribution in [3.8, 4) is 0 Å². The number of benzene rings is 1. The van der Waals surface area contributed by atoms with Crippen molar-refractivity contribution >= 4 is 28.4 Å². The number of methoxy groups -OCH3 is 1. The average molecular weight is 377 g/mol. The summed E-state index contributed by atoms with van der Waals surface area (Å²) in [5, 5.41) is 3.11. The molecule has 1 N–H and O–H groups in total. The van der Waals surface area contributed by atoms with Crippen LogP contribution in [0.5, 0.6) is 0 Å². The number of hydrogen-bond acceptors (Lipinski definition) is 5. The van der Waals surface area contributed by atoms with E-state index in [4.69, 9.17) is 4.74 Å². The Bertz CT molecular complexity index is 677. The quantitative estimate of drug-likeness (QED) is 0.793. The van der Waals surface area contributed by atoms with Crippen molar-refractivity contribution < 1.29 is 17.9 Å². The minimum absolute atomic E-state index is 0. The third-order valence-corrected chi connectivity index (χ3v) is 6.08. The summed E-state index contributed by atoms with van der Waals surface area (Å²) in [6.45, 7) is 3.60. The van der Waals surface area contributed by atoms with Crippen molar-refractivity contribution in [1.29, 1.82) is 0 Å². The summed E-state index contributed by atoms with van der Waals surface area (Å²) >= 11 is 0. The normalized spacial score (nSPS) is 18.7. The van der Waals surface area contributed by atoms with E-state index in [2.05, 4.69) is 5.32 Å². The lowest BCUT2D eigenvalue weighted by atomic mass is 10.00. The fourth-order valence-electron chi connectivity index (χ4n) is 2.99. The van der Waals surface area contributed by atoms with Gasteiger partial charge in [0, 0.05) is 13.1 Å². The summed E-state index contributed by atoms with van der Waals surface area (Å²) in [4.78, 5) is 11.9. The van der Waals surface area contributed by atoms with E-state index >= 15 is 0 Å². The van der Waals surface area contributed by atoms with Crippen LogP contribution >= 0.6 is 12.4 Å². The van der Waals surface area contributed by atoms with Gasteiger partial charge in [0.1, 0.15) is 0 Å². The van der Waals surface area contributed by atoms with Gasteiger partial charge in [-0.3, -0.25) is 0 Å². The summed E-state index contributed by atoms with van der Waals surface area (Å²) in [7, 11) is -0.347. The molecule has 0 radical (unpaired) electrons. The average Bonchev–Trinajstić information content (AvgIpc) is 2.54. The van der Waals surface area contributed by atoms with Gasteiger partial charge in [0.25, 0.3) is 0 Å². The molecule has 0 amide bonds. The predicted molar refractivity (Wildman–Crippen MR) is 95.2 cm³/mol. The smallest absolute Gasteiger partial charge is 0.338 e. The number of piperidine rings is 1. The fraction of sp³-hybridized carbons (Fsp3) is 0.562. The van der Waals surface area contributed by atoms with Gasteiger partial charge in [0.05, 0.1) is 17.6 Å². The Morgan fingerprint density at radius 2 is 2.12 bits per heavy atom. The first kappa shape index (κ1) is 20.9. The number of ether oxygens (including phenoxy) is 1. The maximum absolute atomic E-state index is 12.8. The molecule has 1 saturated heterocycles. The van der Waals surface area contributed by atoms with Crippen LogP contribution in [-0.2, 0) is 14.8 Å². The first-order valence-electron chi connectivity index (χ1n) is 7.74. The monoisotopic (exact) mass is 376 g/mol. The first-order valence-corrected chi connectivity index (χ1v) is 9.18. The zero-order valence-corrected chi connectivity index (χ0v) is 15.9. The number of rotatable bonds is 5. The van der Waals surface area contributed by atoms with Crippen molar-refractivity contribution in [3.05, 3.63) is 29.3 Å². The Balaban J connectivity index is 0.00000288. The second kappa shape index (κ2) is 8.80. The number of hydrogen-bond donors (Lipinski definition) is 1. The van der Waals surface area contributed by atoms with Crippen molar-refractivity contribution in [3.63, 3.8) is 0 Å². The second-order valence-corrected chi connectivity index (χ2v) is 7.84. The van der Waals surface area contributed by atoms with Gasteiger partial charge in [-0.25, -0.2) is 13.2 Å². The lowest BCUT2D eigenvalue weighted by Crippen LogP contribution is -2.42. The lowest BCUT2D eigenvalue weighted by molar-refractivity contribution is 0.0600. The summed E-state index contributed by atoms with van der Waals surface area (Å²) in [5.41, 5.74) is 0.986. The van der Waals surface area contributed by atoms with Crippen LogP contribution in [0.25, 0.3) is 0 Å². The van der Waals surface area contributed by atoms with Crippen LogP contribution in [0.3, 0.4) is 0 Å². The van der Waals surface area contributed by atoms with Crippen LogP contribution in [0.2, 0.25) is 0 Å². The molecule has 0 aromatic heterocycles. The summed E-state index contributed by atoms with van der Waals surface area (Å²) in [6, 6.07) is 4.54. The molecule has 1 aliphatic rings. The van der Waals surface area contributed by atoms with Gasteiger partial charge in [-0.05, 0) is 63.0 Å². The molecule has 6 nitrogen and oxygen atoms in total. The van der Waals surface area contributed by atoms with Gasteiger partial charge < -0.3 is 10.1 Å². The van der Waals surface area contributed by atoms with E-state index in [0.717, 1.165) is 19.4 Å². The second-order valence-electron chi connectivity index (χ2n) is 5.90. The van der Waals surface area contributed by atoms with Crippen LogP contribution in [0, 0.1) is 12.8 Å². The highest BCUT2D eigenvalue weighted by molar-refractivity contribution is 7.89. The summed E-state index contributed by atoms with van der Waals surface area (Å²) in [6.07, 6.45) is 1.90. The van der Waals surface area contributed by atoms with Gasteiger partial charge in [-0.1, -0.05) is 0 Å². The number of nitrogens with zero attached hydrogens (tertiary/aromatic N) is 1. The number of carbonyl (C=O) groups excluding carboxylic acids is 1. The van der Waals surface area contributed by atoms with Crippen molar-refractivity contribution in [2.24, 2.45) is 5.92 Å². The molecule has 24 heavy (non-hydrogen) atoms. The summed E-state index contributed by atoms with van der Waals surface area (Å²) < 4.78 is 31.9. The zero-order valence-electron chi connectivity index (χ0n) is 14.2. The molecule has 1 unspecified atom stereocenters. The first-order chi connectivity index (χ1) is 10.9. The van der Waals surface area contributed by atoms with Crippen molar-refractivity contribution in [2.45, 2.75) is 24.7 Å². The van der Waals surface area contributed by atoms with E-state index in [9.17, 15) is 13.2 Å². The molecule has 1 fully saturated rings. The molecule has 136 valence electrons. The maximum atomic E-state index is 12.8. The molecule has 0 bridgehead atoms. The molecule has 0 saturated carbocycles. The molecule has 2 rings (SSSR count). The van der Waals surface area contributed by atoms with Crippen LogP contribution in [0.1, 0.15) is 28.8 Å². The summed E-state index contributed by atoms with van der Waals surface area (Å²) in [5.74, 6) is -0.127. The van der Waals surface area contributed by atoms with E-state index in [1.54, 1.807) is 17.3 Å². The van der Waals surface area contributed by atoms with Crippen LogP contribution in [0.15, 0.2) is 23.1 Å². The molecule has 0 spiro atoms. The molecule has 1 atom stereocenters. The zero-order chi connectivity index (χ0) is 17.0. The number of halogens is 1. The molecule has 1 heterocycles. The molecule has 1 aromatic rings. The van der Waals surface area contributed by atoms with Crippen LogP contribution in [0.4, 0.5) is 0 Å². The number of nitrogens with one attached hydrogen (secondary N) is 1. The van der Waals surface area contributed by atoms with Gasteiger partial charge in [0.15, 0.2) is 0 Å². The van der Waals surface area contributed by atoms with Crippen molar-refractivity contribution in [2.75, 3.05) is 33.8 Å². The fourth-order valence-corrected chi connectivity index (χ4v) is 4.63. The number of aryl methyl sites for hydroxylation is 1. The third-order valence-electron chi connectivity index (χ3n) is 4.22. The van der Waals surface area contributed by atoms with E-state index in [1.807, 2.05) is 7.05 Å². The largest absolute Gasteiger partial charge is 0.465 e. The van der Waals surface area contributed by atoms with Crippen LogP contribution in [-0.4, -0.2) is 52.5 Å². The van der Waals surface area contributed by atoms with Gasteiger partial charge in [0.2, 0.25) is 10.0 Å². The van der Waals surface area contributed by atoms with E-state index in [1.165, 1.54) is 19.2 Å². The third kappa shape index (κ3) is 4.47. The number of sulfonamides is 1. The Morgan fingerprint density at radius 1 is 1.42 bits per heavy atom. The lowest BCUT2D eigenvalue weighted by Gasteiger charge is -2.32. The van der Waals surface area contributed by atoms with Gasteiger partial charge in [-0.2, -0.15) is 4.31 Å². The topological polar surface area (TPSA) is 75.7 Å². The minimum Gasteiger partial charge on any atom is -0.465 e. The molecule has 0 aliphatic carbocycles. The Labute approximate surface area is 150 Å². The Morgan fingerprint density at radius 3 is 2.71 bits per heavy atom. The predicted octanol–water partition coefficient (Wildman–Crippen LogP) is 1.82. The minimum atomic E-state index is -3.53. The molecule has 8 heteroatoms. The molecular formula is C16H25ClN2O4S. The number of esters is 1. The van der Waals surface area contributed by atoms with Crippen molar-refractivity contribution in [1.82, 2.24) is 9.62 Å². The van der Waals surface area contributed by atoms with E-state index in [-0.39, 0.29) is 17.3 Å². The standard InChI is InChI=1S/C16H24N2O4S.ClH/c1-12-9-14(6-7-15(12)16(19)22-3)23(20,21)18-8-4-5-13(11-18)10-17-2;/h6-7,9,13,17H,4-5,8,10-11H2,1-3H3;1H. The van der Waals surface area contributed by atoms with Crippen LogP contribution < -0.4 is 5.32 Å². The highest BCUT2D eigenvalue weighted by atomic mass is 35.5. The van der Waals surface area contributed by atoms with Gasteiger partial charge in [-0.15, -0.1) is 12.4 Å².